The fourth-order valence-corrected chi connectivity index (χ4v) is 3.55. The molecule has 1 aromatic carbocycles. The Morgan fingerprint density at radius 1 is 1.31 bits per heavy atom. The SMILES string of the molecule is CC(=O)NC1CCCCN1C(C)Oc1cccc2c1C(=O)C(=C(C)C)O2. The number of ketones is 1. The molecule has 0 saturated carbocycles. The van der Waals surface area contributed by atoms with Gasteiger partial charge in [0.15, 0.2) is 12.0 Å². The Hall–Kier alpha value is -2.34. The van der Waals surface area contributed by atoms with Crippen molar-refractivity contribution in [2.24, 2.45) is 0 Å². The van der Waals surface area contributed by atoms with Gasteiger partial charge in [0.1, 0.15) is 17.1 Å². The molecule has 1 aromatic rings. The van der Waals surface area contributed by atoms with Gasteiger partial charge in [-0.15, -0.1) is 0 Å². The molecule has 0 spiro atoms. The lowest BCUT2D eigenvalue weighted by Crippen LogP contribution is -2.55. The molecule has 1 amide bonds. The number of hydrogen-bond acceptors (Lipinski definition) is 5. The molecule has 140 valence electrons. The number of benzene rings is 1. The van der Waals surface area contributed by atoms with Crippen molar-refractivity contribution in [1.29, 1.82) is 0 Å². The molecule has 2 aliphatic heterocycles. The van der Waals surface area contributed by atoms with Crippen LogP contribution in [0, 0.1) is 0 Å². The third-order valence-corrected chi connectivity index (χ3v) is 4.77. The lowest BCUT2D eigenvalue weighted by Gasteiger charge is -2.39. The van der Waals surface area contributed by atoms with Crippen LogP contribution in [0.4, 0.5) is 0 Å². The van der Waals surface area contributed by atoms with E-state index >= 15 is 0 Å². The van der Waals surface area contributed by atoms with Crippen LogP contribution in [0.1, 0.15) is 57.3 Å². The summed E-state index contributed by atoms with van der Waals surface area (Å²) < 4.78 is 11.9. The Balaban J connectivity index is 1.82. The average molecular weight is 358 g/mol. The Labute approximate surface area is 154 Å². The fraction of sp³-hybridized carbons (Fsp3) is 0.500. The summed E-state index contributed by atoms with van der Waals surface area (Å²) in [7, 11) is 0. The highest BCUT2D eigenvalue weighted by molar-refractivity contribution is 6.14. The van der Waals surface area contributed by atoms with E-state index in [4.69, 9.17) is 9.47 Å². The first-order valence-corrected chi connectivity index (χ1v) is 9.11. The lowest BCUT2D eigenvalue weighted by molar-refractivity contribution is -0.123. The highest BCUT2D eigenvalue weighted by atomic mass is 16.5. The predicted molar refractivity (Wildman–Crippen MR) is 98.0 cm³/mol. The molecule has 0 radical (unpaired) electrons. The Kier molecular flexibility index (Phi) is 5.32. The van der Waals surface area contributed by atoms with Gasteiger partial charge in [0, 0.05) is 13.5 Å². The molecule has 0 aromatic heterocycles. The maximum Gasteiger partial charge on any atom is 0.235 e. The molecule has 1 saturated heterocycles. The van der Waals surface area contributed by atoms with Gasteiger partial charge < -0.3 is 14.8 Å². The van der Waals surface area contributed by atoms with Crippen LogP contribution < -0.4 is 14.8 Å². The second-order valence-corrected chi connectivity index (χ2v) is 7.06. The quantitative estimate of drug-likeness (QED) is 0.837. The van der Waals surface area contributed by atoms with E-state index in [1.165, 1.54) is 6.92 Å². The number of Topliss-reactive ketones (excluding diaryl/α,β-unsaturated/α-hetero) is 1. The average Bonchev–Trinajstić information content (AvgIpc) is 2.93. The van der Waals surface area contributed by atoms with Gasteiger partial charge in [-0.1, -0.05) is 6.07 Å². The number of allylic oxidation sites excluding steroid dienone is 2. The molecule has 0 aliphatic carbocycles. The van der Waals surface area contributed by atoms with Crippen LogP contribution in [0.2, 0.25) is 0 Å². The molecule has 3 rings (SSSR count). The lowest BCUT2D eigenvalue weighted by atomic mass is 10.1. The van der Waals surface area contributed by atoms with Gasteiger partial charge in [0.05, 0.1) is 6.17 Å². The molecule has 1 N–H and O–H groups in total. The van der Waals surface area contributed by atoms with Crippen molar-refractivity contribution in [2.75, 3.05) is 6.54 Å². The summed E-state index contributed by atoms with van der Waals surface area (Å²) in [6.07, 6.45) is 2.70. The zero-order valence-corrected chi connectivity index (χ0v) is 15.8. The van der Waals surface area contributed by atoms with Gasteiger partial charge in [0.25, 0.3) is 0 Å². The summed E-state index contributed by atoms with van der Waals surface area (Å²) in [5, 5.41) is 2.99. The molecule has 0 bridgehead atoms. The number of nitrogens with zero attached hydrogens (tertiary/aromatic N) is 1. The highest BCUT2D eigenvalue weighted by Gasteiger charge is 2.34. The molecular formula is C20H26N2O4. The summed E-state index contributed by atoms with van der Waals surface area (Å²) in [5.74, 6) is 1.24. The number of likely N-dealkylation sites (tertiary alicyclic amines) is 1. The summed E-state index contributed by atoms with van der Waals surface area (Å²) >= 11 is 0. The van der Waals surface area contributed by atoms with Gasteiger partial charge in [0.2, 0.25) is 11.7 Å². The zero-order valence-electron chi connectivity index (χ0n) is 15.8. The molecule has 2 atom stereocenters. The standard InChI is InChI=1S/C20H26N2O4/c1-12(2)20-19(24)18-15(8-7-9-16(18)26-20)25-14(4)22-11-6-5-10-17(22)21-13(3)23/h7-9,14,17H,5-6,10-11H2,1-4H3,(H,21,23). The van der Waals surface area contributed by atoms with Crippen molar-refractivity contribution >= 4 is 11.7 Å². The first-order chi connectivity index (χ1) is 12.4. The molecule has 2 aliphatic rings. The topological polar surface area (TPSA) is 67.9 Å². The van der Waals surface area contributed by atoms with Gasteiger partial charge >= 0.3 is 0 Å². The minimum absolute atomic E-state index is 0.0479. The maximum absolute atomic E-state index is 12.7. The fourth-order valence-electron chi connectivity index (χ4n) is 3.55. The number of rotatable bonds is 4. The molecule has 1 fully saturated rings. The zero-order chi connectivity index (χ0) is 18.8. The Morgan fingerprint density at radius 2 is 2.08 bits per heavy atom. The second-order valence-electron chi connectivity index (χ2n) is 7.06. The number of carbonyl (C=O) groups is 2. The van der Waals surface area contributed by atoms with Crippen LogP contribution >= 0.6 is 0 Å². The summed E-state index contributed by atoms with van der Waals surface area (Å²) in [6, 6.07) is 5.40. The van der Waals surface area contributed by atoms with E-state index in [9.17, 15) is 9.59 Å². The van der Waals surface area contributed by atoms with Crippen LogP contribution in [-0.2, 0) is 4.79 Å². The van der Waals surface area contributed by atoms with Gasteiger partial charge in [-0.3, -0.25) is 9.59 Å². The number of hydrogen-bond donors (Lipinski definition) is 1. The number of amides is 1. The summed E-state index contributed by atoms with van der Waals surface area (Å²) in [5.41, 5.74) is 1.32. The summed E-state index contributed by atoms with van der Waals surface area (Å²) in [4.78, 5) is 26.3. The van der Waals surface area contributed by atoms with E-state index in [2.05, 4.69) is 10.2 Å². The van der Waals surface area contributed by atoms with E-state index in [1.54, 1.807) is 12.1 Å². The van der Waals surface area contributed by atoms with Gasteiger partial charge in [-0.05, 0) is 57.7 Å². The van der Waals surface area contributed by atoms with Crippen molar-refractivity contribution in [2.45, 2.75) is 59.4 Å². The van der Waals surface area contributed by atoms with Crippen molar-refractivity contribution in [3.05, 3.63) is 35.1 Å². The number of ether oxygens (including phenoxy) is 2. The molecule has 6 nitrogen and oxygen atoms in total. The van der Waals surface area contributed by atoms with E-state index in [0.29, 0.717) is 22.8 Å². The third-order valence-electron chi connectivity index (χ3n) is 4.77. The molecule has 26 heavy (non-hydrogen) atoms. The highest BCUT2D eigenvalue weighted by Crippen LogP contribution is 2.39. The number of fused-ring (bicyclic) bond motifs is 1. The minimum Gasteiger partial charge on any atom is -0.474 e. The van der Waals surface area contributed by atoms with E-state index in [0.717, 1.165) is 31.4 Å². The van der Waals surface area contributed by atoms with E-state index < -0.39 is 0 Å². The minimum atomic E-state index is -0.276. The van der Waals surface area contributed by atoms with Gasteiger partial charge in [-0.25, -0.2) is 4.90 Å². The monoisotopic (exact) mass is 358 g/mol. The largest absolute Gasteiger partial charge is 0.474 e. The van der Waals surface area contributed by atoms with Crippen LogP contribution in [0.3, 0.4) is 0 Å². The number of carbonyl (C=O) groups excluding carboxylic acids is 2. The van der Waals surface area contributed by atoms with Crippen LogP contribution in [-0.4, -0.2) is 35.5 Å². The molecule has 6 heteroatoms. The van der Waals surface area contributed by atoms with Gasteiger partial charge in [-0.2, -0.15) is 0 Å². The third kappa shape index (κ3) is 3.60. The molecule has 2 heterocycles. The normalized spacial score (nSPS) is 21.0. The van der Waals surface area contributed by atoms with Crippen molar-refractivity contribution in [3.8, 4) is 11.5 Å². The van der Waals surface area contributed by atoms with Crippen LogP contribution in [0.25, 0.3) is 0 Å². The van der Waals surface area contributed by atoms with Crippen LogP contribution in [0.15, 0.2) is 29.5 Å². The van der Waals surface area contributed by atoms with Crippen LogP contribution in [0.5, 0.6) is 11.5 Å². The Bertz CT molecular complexity index is 752. The molecular weight excluding hydrogens is 332 g/mol. The summed E-state index contributed by atoms with van der Waals surface area (Å²) in [6.45, 7) is 8.02. The van der Waals surface area contributed by atoms with E-state index in [-0.39, 0.29) is 24.1 Å². The first-order valence-electron chi connectivity index (χ1n) is 9.11. The van der Waals surface area contributed by atoms with Crippen molar-refractivity contribution in [3.63, 3.8) is 0 Å². The Morgan fingerprint density at radius 3 is 2.77 bits per heavy atom. The molecule has 2 unspecified atom stereocenters. The van der Waals surface area contributed by atoms with Crippen molar-refractivity contribution in [1.82, 2.24) is 10.2 Å². The number of nitrogens with one attached hydrogen (secondary N) is 1. The second kappa shape index (κ2) is 7.50. The number of piperidine rings is 1. The van der Waals surface area contributed by atoms with E-state index in [1.807, 2.05) is 26.8 Å². The van der Waals surface area contributed by atoms with Crippen molar-refractivity contribution < 1.29 is 19.1 Å². The maximum atomic E-state index is 12.7. The first kappa shape index (κ1) is 18.5. The smallest absolute Gasteiger partial charge is 0.235 e. The predicted octanol–water partition coefficient (Wildman–Crippen LogP) is 3.23.